The Kier molecular flexibility index (Phi) is 5.66. The zero-order valence-corrected chi connectivity index (χ0v) is 11.1. The molecule has 6 nitrogen and oxygen atoms in total. The number of nitrogens with two attached hydrogens (primary N) is 1. The Morgan fingerprint density at radius 1 is 1.37 bits per heavy atom. The summed E-state index contributed by atoms with van der Waals surface area (Å²) in [5.41, 5.74) is 6.35. The van der Waals surface area contributed by atoms with Gasteiger partial charge in [-0.25, -0.2) is 4.79 Å². The number of anilines is 1. The van der Waals surface area contributed by atoms with Gasteiger partial charge in [0.1, 0.15) is 5.75 Å². The number of ether oxygens (including phenoxy) is 2. The molecule has 0 heterocycles. The number of carbonyl (C=O) groups is 2. The van der Waals surface area contributed by atoms with E-state index in [1.807, 2.05) is 6.92 Å². The molecule has 0 radical (unpaired) electrons. The van der Waals surface area contributed by atoms with Crippen molar-refractivity contribution in [1.82, 2.24) is 5.32 Å². The number of nitrogen functional groups attached to an aromatic ring is 1. The van der Waals surface area contributed by atoms with Gasteiger partial charge in [0.2, 0.25) is 0 Å². The van der Waals surface area contributed by atoms with E-state index < -0.39 is 5.97 Å². The van der Waals surface area contributed by atoms with Crippen molar-refractivity contribution in [3.05, 3.63) is 23.8 Å². The van der Waals surface area contributed by atoms with E-state index in [4.69, 9.17) is 15.2 Å². The molecule has 0 aliphatic rings. The van der Waals surface area contributed by atoms with E-state index in [1.165, 1.54) is 19.2 Å². The molecule has 1 rings (SSSR count). The fourth-order valence-electron chi connectivity index (χ4n) is 1.37. The number of amides is 1. The van der Waals surface area contributed by atoms with Gasteiger partial charge in [0.15, 0.2) is 6.61 Å². The van der Waals surface area contributed by atoms with E-state index in [9.17, 15) is 9.59 Å². The Hall–Kier alpha value is -2.24. The number of hydrogen-bond donors (Lipinski definition) is 2. The number of nitrogens with one attached hydrogen (secondary N) is 1. The highest BCUT2D eigenvalue weighted by atomic mass is 16.5. The maximum absolute atomic E-state index is 11.7. The van der Waals surface area contributed by atoms with Crippen molar-refractivity contribution in [1.29, 1.82) is 0 Å². The summed E-state index contributed by atoms with van der Waals surface area (Å²) in [6.45, 7) is 2.20. The molecule has 104 valence electrons. The molecule has 0 fully saturated rings. The summed E-state index contributed by atoms with van der Waals surface area (Å²) in [5, 5.41) is 2.61. The summed E-state index contributed by atoms with van der Waals surface area (Å²) in [4.78, 5) is 23.0. The lowest BCUT2D eigenvalue weighted by molar-refractivity contribution is -0.124. The number of hydrogen-bond acceptors (Lipinski definition) is 5. The van der Waals surface area contributed by atoms with E-state index in [0.717, 1.165) is 6.42 Å². The molecule has 0 aromatic heterocycles. The Labute approximate surface area is 111 Å². The van der Waals surface area contributed by atoms with Crippen molar-refractivity contribution < 1.29 is 19.1 Å². The van der Waals surface area contributed by atoms with E-state index in [1.54, 1.807) is 6.07 Å². The molecule has 19 heavy (non-hydrogen) atoms. The summed E-state index contributed by atoms with van der Waals surface area (Å²) in [6.07, 6.45) is 0.828. The van der Waals surface area contributed by atoms with Gasteiger partial charge in [-0.3, -0.25) is 4.79 Å². The molecule has 0 atom stereocenters. The van der Waals surface area contributed by atoms with Crippen molar-refractivity contribution in [3.8, 4) is 5.75 Å². The molecule has 6 heteroatoms. The quantitative estimate of drug-likeness (QED) is 0.591. The molecule has 0 unspecified atom stereocenters. The summed E-state index contributed by atoms with van der Waals surface area (Å²) < 4.78 is 9.88. The molecular weight excluding hydrogens is 248 g/mol. The van der Waals surface area contributed by atoms with Gasteiger partial charge in [-0.1, -0.05) is 6.92 Å². The summed E-state index contributed by atoms with van der Waals surface area (Å²) in [5.74, 6) is -0.521. The number of carbonyl (C=O) groups excluding carboxylic acids is 2. The Bertz CT molecular complexity index is 460. The van der Waals surface area contributed by atoms with E-state index >= 15 is 0 Å². The molecule has 3 N–H and O–H groups in total. The minimum atomic E-state index is -0.593. The van der Waals surface area contributed by atoms with Gasteiger partial charge in [-0.2, -0.15) is 0 Å². The van der Waals surface area contributed by atoms with Crippen molar-refractivity contribution in [2.24, 2.45) is 0 Å². The highest BCUT2D eigenvalue weighted by Crippen LogP contribution is 2.22. The van der Waals surface area contributed by atoms with Crippen LogP contribution < -0.4 is 15.8 Å². The predicted octanol–water partition coefficient (Wildman–Crippen LogP) is 0.960. The van der Waals surface area contributed by atoms with Crippen LogP contribution in [0.2, 0.25) is 0 Å². The van der Waals surface area contributed by atoms with E-state index in [-0.39, 0.29) is 18.1 Å². The minimum Gasteiger partial charge on any atom is -0.495 e. The van der Waals surface area contributed by atoms with Crippen LogP contribution >= 0.6 is 0 Å². The lowest BCUT2D eigenvalue weighted by Crippen LogP contribution is -2.29. The lowest BCUT2D eigenvalue weighted by Gasteiger charge is -2.08. The van der Waals surface area contributed by atoms with Crippen LogP contribution in [-0.2, 0) is 9.53 Å². The zero-order chi connectivity index (χ0) is 14.3. The maximum atomic E-state index is 11.7. The van der Waals surface area contributed by atoms with Gasteiger partial charge < -0.3 is 20.5 Å². The van der Waals surface area contributed by atoms with Crippen LogP contribution in [0.1, 0.15) is 23.7 Å². The molecule has 0 aliphatic carbocycles. The topological polar surface area (TPSA) is 90.7 Å². The lowest BCUT2D eigenvalue weighted by atomic mass is 10.2. The van der Waals surface area contributed by atoms with Gasteiger partial charge in [0.25, 0.3) is 5.91 Å². The van der Waals surface area contributed by atoms with Crippen LogP contribution in [0.3, 0.4) is 0 Å². The minimum absolute atomic E-state index is 0.286. The molecule has 1 aromatic rings. The molecule has 0 saturated heterocycles. The van der Waals surface area contributed by atoms with Crippen molar-refractivity contribution >= 4 is 17.6 Å². The van der Waals surface area contributed by atoms with Gasteiger partial charge in [0.05, 0.1) is 18.4 Å². The van der Waals surface area contributed by atoms with Crippen molar-refractivity contribution in [2.45, 2.75) is 13.3 Å². The standard InChI is InChI=1S/C13H18N2O4/c1-3-6-15-12(16)8-19-13(17)9-4-5-10(14)11(7-9)18-2/h4-5,7H,3,6,8,14H2,1-2H3,(H,15,16). The predicted molar refractivity (Wildman–Crippen MR) is 71.0 cm³/mol. The largest absolute Gasteiger partial charge is 0.495 e. The molecular formula is C13H18N2O4. The number of methoxy groups -OCH3 is 1. The Morgan fingerprint density at radius 3 is 2.74 bits per heavy atom. The smallest absolute Gasteiger partial charge is 0.338 e. The first-order valence-electron chi connectivity index (χ1n) is 5.95. The third-order valence-corrected chi connectivity index (χ3v) is 2.38. The zero-order valence-electron chi connectivity index (χ0n) is 11.1. The van der Waals surface area contributed by atoms with E-state index in [0.29, 0.717) is 18.0 Å². The molecule has 0 saturated carbocycles. The van der Waals surface area contributed by atoms with Gasteiger partial charge in [0, 0.05) is 6.54 Å². The fourth-order valence-corrected chi connectivity index (χ4v) is 1.37. The highest BCUT2D eigenvalue weighted by Gasteiger charge is 2.12. The first-order chi connectivity index (χ1) is 9.08. The van der Waals surface area contributed by atoms with E-state index in [2.05, 4.69) is 5.32 Å². The fraction of sp³-hybridized carbons (Fsp3) is 0.385. The normalized spacial score (nSPS) is 9.79. The SMILES string of the molecule is CCCNC(=O)COC(=O)c1ccc(N)c(OC)c1. The van der Waals surface area contributed by atoms with Gasteiger partial charge in [-0.05, 0) is 24.6 Å². The molecule has 1 amide bonds. The maximum Gasteiger partial charge on any atom is 0.338 e. The third kappa shape index (κ3) is 4.50. The number of esters is 1. The average Bonchev–Trinajstić information content (AvgIpc) is 2.42. The Morgan fingerprint density at radius 2 is 2.11 bits per heavy atom. The highest BCUT2D eigenvalue weighted by molar-refractivity contribution is 5.92. The van der Waals surface area contributed by atoms with Crippen LogP contribution in [0.25, 0.3) is 0 Å². The number of rotatable bonds is 6. The summed E-state index contributed by atoms with van der Waals surface area (Å²) in [6, 6.07) is 4.54. The van der Waals surface area contributed by atoms with Crippen LogP contribution in [0.4, 0.5) is 5.69 Å². The van der Waals surface area contributed by atoms with Gasteiger partial charge >= 0.3 is 5.97 Å². The first-order valence-corrected chi connectivity index (χ1v) is 5.95. The summed E-state index contributed by atoms with van der Waals surface area (Å²) in [7, 11) is 1.46. The van der Waals surface area contributed by atoms with Crippen molar-refractivity contribution in [3.63, 3.8) is 0 Å². The van der Waals surface area contributed by atoms with Crippen molar-refractivity contribution in [2.75, 3.05) is 26.0 Å². The van der Waals surface area contributed by atoms with Crippen LogP contribution in [0.15, 0.2) is 18.2 Å². The second-order valence-corrected chi connectivity index (χ2v) is 3.88. The second kappa shape index (κ2) is 7.25. The van der Waals surface area contributed by atoms with Crippen LogP contribution in [0.5, 0.6) is 5.75 Å². The van der Waals surface area contributed by atoms with Gasteiger partial charge in [-0.15, -0.1) is 0 Å². The monoisotopic (exact) mass is 266 g/mol. The second-order valence-electron chi connectivity index (χ2n) is 3.88. The average molecular weight is 266 g/mol. The Balaban J connectivity index is 2.56. The number of benzene rings is 1. The third-order valence-electron chi connectivity index (χ3n) is 2.38. The molecule has 0 aliphatic heterocycles. The molecule has 1 aromatic carbocycles. The van der Waals surface area contributed by atoms with Crippen LogP contribution in [0, 0.1) is 0 Å². The molecule has 0 spiro atoms. The summed E-state index contributed by atoms with van der Waals surface area (Å²) >= 11 is 0. The molecule has 0 bridgehead atoms. The first kappa shape index (κ1) is 14.8. The van der Waals surface area contributed by atoms with Crippen LogP contribution in [-0.4, -0.2) is 32.1 Å².